The number of rotatable bonds is 9. The van der Waals surface area contributed by atoms with Gasteiger partial charge in [0.2, 0.25) is 0 Å². The number of fused-ring (bicyclic) bond motifs is 1. The maximum absolute atomic E-state index is 14.0. The quantitative estimate of drug-likeness (QED) is 0.480. The molecule has 3 rings (SSSR count). The van der Waals surface area contributed by atoms with Crippen LogP contribution in [0, 0.1) is 0 Å². The predicted molar refractivity (Wildman–Crippen MR) is 124 cm³/mol. The number of hydrogen-bond donors (Lipinski definition) is 3. The summed E-state index contributed by atoms with van der Waals surface area (Å²) < 4.78 is 19.6. The second-order valence-electron chi connectivity index (χ2n) is 8.26. The zero-order valence-electron chi connectivity index (χ0n) is 18.9. The number of halogens is 1. The van der Waals surface area contributed by atoms with Crippen molar-refractivity contribution in [3.05, 3.63) is 71.9 Å². The molecule has 3 N–H and O–H groups in total. The van der Waals surface area contributed by atoms with Crippen molar-refractivity contribution in [3.63, 3.8) is 0 Å². The van der Waals surface area contributed by atoms with Crippen molar-refractivity contribution in [2.75, 3.05) is 13.7 Å². The Bertz CT molecular complexity index is 814. The van der Waals surface area contributed by atoms with Crippen LogP contribution in [0.5, 0.6) is 0 Å². The first-order valence-corrected chi connectivity index (χ1v) is 11.2. The highest BCUT2D eigenvalue weighted by Gasteiger charge is 2.42. The molecule has 4 atom stereocenters. The summed E-state index contributed by atoms with van der Waals surface area (Å²) >= 11 is 0. The molecule has 0 spiro atoms. The predicted octanol–water partition coefficient (Wildman–Crippen LogP) is 4.19. The first-order valence-electron chi connectivity index (χ1n) is 11.2. The molecule has 1 fully saturated rings. The number of allylic oxidation sites excluding steroid dienone is 4. The van der Waals surface area contributed by atoms with Gasteiger partial charge in [0.25, 0.3) is 0 Å². The van der Waals surface area contributed by atoms with Crippen LogP contribution in [0.1, 0.15) is 46.0 Å². The van der Waals surface area contributed by atoms with Crippen molar-refractivity contribution in [3.8, 4) is 0 Å². The van der Waals surface area contributed by atoms with Crippen molar-refractivity contribution in [1.29, 1.82) is 0 Å². The normalized spacial score (nSPS) is 30.2. The van der Waals surface area contributed by atoms with E-state index in [1.54, 1.807) is 13.2 Å². The number of nitrogens with zero attached hydrogens (tertiary/aromatic N) is 1. The molecular formula is C25H36FN3O2. The molecular weight excluding hydrogens is 393 g/mol. The van der Waals surface area contributed by atoms with Crippen LogP contribution in [0.15, 0.2) is 71.9 Å². The third kappa shape index (κ3) is 5.03. The smallest absolute Gasteiger partial charge is 0.125 e. The van der Waals surface area contributed by atoms with Crippen LogP contribution >= 0.6 is 0 Å². The van der Waals surface area contributed by atoms with E-state index in [9.17, 15) is 9.50 Å². The van der Waals surface area contributed by atoms with Crippen LogP contribution in [-0.4, -0.2) is 47.7 Å². The third-order valence-corrected chi connectivity index (χ3v) is 6.47. The number of piperazine rings is 1. The second-order valence-corrected chi connectivity index (χ2v) is 8.26. The van der Waals surface area contributed by atoms with Crippen molar-refractivity contribution in [2.24, 2.45) is 0 Å². The van der Waals surface area contributed by atoms with E-state index in [4.69, 9.17) is 4.74 Å². The number of hydrogen-bond acceptors (Lipinski definition) is 5. The molecule has 170 valence electrons. The molecule has 0 saturated carbocycles. The van der Waals surface area contributed by atoms with E-state index in [2.05, 4.69) is 47.3 Å². The van der Waals surface area contributed by atoms with Gasteiger partial charge in [0, 0.05) is 38.4 Å². The van der Waals surface area contributed by atoms with Gasteiger partial charge in [-0.1, -0.05) is 43.9 Å². The van der Waals surface area contributed by atoms with Gasteiger partial charge in [0.05, 0.1) is 23.0 Å². The Morgan fingerprint density at radius 2 is 2.29 bits per heavy atom. The molecule has 0 aromatic rings. The summed E-state index contributed by atoms with van der Waals surface area (Å²) in [6.07, 6.45) is 15.1. The highest BCUT2D eigenvalue weighted by Crippen LogP contribution is 2.40. The molecule has 0 aromatic carbocycles. The number of aliphatic hydroxyl groups excluding tert-OH is 1. The number of methoxy groups -OCH3 is 1. The minimum absolute atomic E-state index is 0.0473. The lowest BCUT2D eigenvalue weighted by Crippen LogP contribution is -2.56. The van der Waals surface area contributed by atoms with Crippen molar-refractivity contribution >= 4 is 0 Å². The van der Waals surface area contributed by atoms with Gasteiger partial charge in [-0.2, -0.15) is 0 Å². The van der Waals surface area contributed by atoms with E-state index in [1.165, 1.54) is 0 Å². The Labute approximate surface area is 185 Å². The molecule has 6 heteroatoms. The highest BCUT2D eigenvalue weighted by atomic mass is 19.1. The average molecular weight is 430 g/mol. The van der Waals surface area contributed by atoms with E-state index >= 15 is 0 Å². The molecule has 0 bridgehead atoms. The van der Waals surface area contributed by atoms with Crippen LogP contribution in [0.3, 0.4) is 0 Å². The Kier molecular flexibility index (Phi) is 7.92. The van der Waals surface area contributed by atoms with Crippen LogP contribution in [0.4, 0.5) is 4.39 Å². The fourth-order valence-corrected chi connectivity index (χ4v) is 4.70. The molecule has 1 aliphatic heterocycles. The largest absolute Gasteiger partial charge is 0.378 e. The number of nitrogens with one attached hydrogen (secondary N) is 2. The van der Waals surface area contributed by atoms with Crippen molar-refractivity contribution < 1.29 is 14.2 Å². The van der Waals surface area contributed by atoms with Gasteiger partial charge in [-0.25, -0.2) is 4.39 Å². The molecule has 0 aromatic heterocycles. The van der Waals surface area contributed by atoms with E-state index in [0.29, 0.717) is 25.0 Å². The lowest BCUT2D eigenvalue weighted by Gasteiger charge is -2.49. The first kappa shape index (κ1) is 23.5. The summed E-state index contributed by atoms with van der Waals surface area (Å²) in [5, 5.41) is 17.4. The summed E-state index contributed by atoms with van der Waals surface area (Å²) in [6.45, 7) is 8.84. The maximum Gasteiger partial charge on any atom is 0.125 e. The summed E-state index contributed by atoms with van der Waals surface area (Å²) in [4.78, 5) is 2.15. The molecule has 2 aliphatic carbocycles. The van der Waals surface area contributed by atoms with Crippen molar-refractivity contribution in [1.82, 2.24) is 15.5 Å². The third-order valence-electron chi connectivity index (χ3n) is 6.47. The highest BCUT2D eigenvalue weighted by molar-refractivity contribution is 5.45. The lowest BCUT2D eigenvalue weighted by atomic mass is 9.82. The van der Waals surface area contributed by atoms with E-state index in [1.807, 2.05) is 25.3 Å². The monoisotopic (exact) mass is 429 g/mol. The number of alkyl halides is 1. The van der Waals surface area contributed by atoms with E-state index in [-0.39, 0.29) is 11.6 Å². The molecule has 31 heavy (non-hydrogen) atoms. The molecule has 0 amide bonds. The van der Waals surface area contributed by atoms with Crippen LogP contribution < -0.4 is 10.6 Å². The second kappa shape index (κ2) is 10.4. The summed E-state index contributed by atoms with van der Waals surface area (Å²) in [6, 6.07) is 0. The Morgan fingerprint density at radius 3 is 2.94 bits per heavy atom. The van der Waals surface area contributed by atoms with Crippen molar-refractivity contribution in [2.45, 2.75) is 70.0 Å². The molecule has 4 unspecified atom stereocenters. The average Bonchev–Trinajstić information content (AvgIpc) is 2.79. The first-order chi connectivity index (χ1) is 15.0. The van der Waals surface area contributed by atoms with Gasteiger partial charge in [0.15, 0.2) is 0 Å². The number of ether oxygens (including phenoxy) is 1. The zero-order chi connectivity index (χ0) is 22.4. The summed E-state index contributed by atoms with van der Waals surface area (Å²) in [5.74, 6) is 0. The molecule has 5 nitrogen and oxygen atoms in total. The summed E-state index contributed by atoms with van der Waals surface area (Å²) in [5.41, 5.74) is 3.61. The Hall–Kier alpha value is -2.15. The fourth-order valence-electron chi connectivity index (χ4n) is 4.70. The SMILES string of the molecule is C=CN1C2=CCC(OC)C=C2NC(CC)(CCNC(O)CC2=CC=CCC2F)/C1=C/C. The minimum atomic E-state index is -1.00. The standard InChI is InChI=1S/C25H36FN3O2/c1-5-23-25(6-2,14-15-27-24(30)16-18-10-8-9-11-20(18)26)28-21-17-19(31-4)12-13-22(21)29(23)7-3/h5,7-10,13,17,19-20,24,27-28,30H,3,6,11-12,14-16H2,1-2,4H3/b23-5-. The van der Waals surface area contributed by atoms with Crippen LogP contribution in [-0.2, 0) is 4.74 Å². The van der Waals surface area contributed by atoms with Gasteiger partial charge in [-0.15, -0.1) is 0 Å². The topological polar surface area (TPSA) is 56.8 Å². The minimum Gasteiger partial charge on any atom is -0.378 e. The van der Waals surface area contributed by atoms with Crippen LogP contribution in [0.2, 0.25) is 0 Å². The Morgan fingerprint density at radius 1 is 1.48 bits per heavy atom. The maximum atomic E-state index is 14.0. The molecule has 1 saturated heterocycles. The number of aliphatic hydroxyl groups is 1. The molecule has 1 heterocycles. The van der Waals surface area contributed by atoms with Gasteiger partial charge < -0.3 is 20.1 Å². The fraction of sp³-hybridized carbons (Fsp3) is 0.520. The Balaban J connectivity index is 1.71. The van der Waals surface area contributed by atoms with E-state index < -0.39 is 12.4 Å². The zero-order valence-corrected chi connectivity index (χ0v) is 18.9. The molecule has 0 radical (unpaired) electrons. The van der Waals surface area contributed by atoms with Gasteiger partial charge in [-0.05, 0) is 37.8 Å². The molecule has 3 aliphatic rings. The summed E-state index contributed by atoms with van der Waals surface area (Å²) in [7, 11) is 1.73. The van der Waals surface area contributed by atoms with Gasteiger partial charge in [0.1, 0.15) is 12.4 Å². The van der Waals surface area contributed by atoms with Crippen LogP contribution in [0.25, 0.3) is 0 Å². The lowest BCUT2D eigenvalue weighted by molar-refractivity contribution is 0.126. The van der Waals surface area contributed by atoms with Gasteiger partial charge >= 0.3 is 0 Å². The van der Waals surface area contributed by atoms with E-state index in [0.717, 1.165) is 36.4 Å². The van der Waals surface area contributed by atoms with Gasteiger partial charge in [-0.3, -0.25) is 5.32 Å².